The SMILES string of the molecule is O=C(NC1CCN(Cc2ccccc2)CC1)c1cc2sccc2[nH]1. The molecule has 2 aromatic heterocycles. The molecule has 0 atom stereocenters. The van der Waals surface area contributed by atoms with Gasteiger partial charge >= 0.3 is 0 Å². The third kappa shape index (κ3) is 3.37. The molecule has 2 N–H and O–H groups in total. The lowest BCUT2D eigenvalue weighted by Crippen LogP contribution is -2.44. The number of amides is 1. The Hall–Kier alpha value is -2.11. The number of hydrogen-bond donors (Lipinski definition) is 2. The number of benzene rings is 1. The van der Waals surface area contributed by atoms with Gasteiger partial charge in [-0.2, -0.15) is 0 Å². The van der Waals surface area contributed by atoms with Crippen molar-refractivity contribution in [1.82, 2.24) is 15.2 Å². The number of nitrogens with zero attached hydrogens (tertiary/aromatic N) is 1. The lowest BCUT2D eigenvalue weighted by atomic mass is 10.0. The first-order valence-electron chi connectivity index (χ1n) is 8.41. The van der Waals surface area contributed by atoms with E-state index in [-0.39, 0.29) is 11.9 Å². The molecule has 1 aliphatic rings. The van der Waals surface area contributed by atoms with Crippen LogP contribution in [0.15, 0.2) is 47.8 Å². The van der Waals surface area contributed by atoms with Crippen LogP contribution in [0.1, 0.15) is 28.9 Å². The van der Waals surface area contributed by atoms with Gasteiger partial charge in [0.25, 0.3) is 5.91 Å². The molecule has 0 spiro atoms. The number of rotatable bonds is 4. The van der Waals surface area contributed by atoms with Crippen molar-refractivity contribution in [3.63, 3.8) is 0 Å². The molecule has 1 aliphatic heterocycles. The van der Waals surface area contributed by atoms with E-state index in [1.165, 1.54) is 5.56 Å². The van der Waals surface area contributed by atoms with Gasteiger partial charge in [-0.3, -0.25) is 9.69 Å². The second-order valence-electron chi connectivity index (χ2n) is 6.39. The predicted octanol–water partition coefficient (Wildman–Crippen LogP) is 3.62. The number of fused-ring (bicyclic) bond motifs is 1. The van der Waals surface area contributed by atoms with Crippen molar-refractivity contribution in [3.8, 4) is 0 Å². The molecule has 0 saturated carbocycles. The Morgan fingerprint density at radius 1 is 1.21 bits per heavy atom. The van der Waals surface area contributed by atoms with E-state index in [0.29, 0.717) is 5.69 Å². The molecule has 3 heterocycles. The molecule has 5 heteroatoms. The van der Waals surface area contributed by atoms with Crippen LogP contribution in [0, 0.1) is 0 Å². The topological polar surface area (TPSA) is 48.1 Å². The zero-order valence-corrected chi connectivity index (χ0v) is 14.3. The largest absolute Gasteiger partial charge is 0.350 e. The van der Waals surface area contributed by atoms with Crippen LogP contribution in [0.2, 0.25) is 0 Å². The maximum Gasteiger partial charge on any atom is 0.267 e. The summed E-state index contributed by atoms with van der Waals surface area (Å²) < 4.78 is 1.14. The van der Waals surface area contributed by atoms with Crippen molar-refractivity contribution in [1.29, 1.82) is 0 Å². The molecular formula is C19H21N3OS. The molecule has 0 radical (unpaired) electrons. The molecule has 4 rings (SSSR count). The molecule has 1 amide bonds. The second-order valence-corrected chi connectivity index (χ2v) is 7.34. The van der Waals surface area contributed by atoms with Gasteiger partial charge < -0.3 is 10.3 Å². The van der Waals surface area contributed by atoms with Gasteiger partial charge in [0.15, 0.2) is 0 Å². The summed E-state index contributed by atoms with van der Waals surface area (Å²) in [4.78, 5) is 18.1. The minimum absolute atomic E-state index is 0.0138. The van der Waals surface area contributed by atoms with Gasteiger partial charge in [0.05, 0.1) is 10.2 Å². The first kappa shape index (κ1) is 15.4. The van der Waals surface area contributed by atoms with E-state index < -0.39 is 0 Å². The zero-order chi connectivity index (χ0) is 16.4. The minimum atomic E-state index is 0.0138. The average Bonchev–Trinajstić information content (AvgIpc) is 3.19. The van der Waals surface area contributed by atoms with Crippen LogP contribution < -0.4 is 5.32 Å². The van der Waals surface area contributed by atoms with Crippen molar-refractivity contribution >= 4 is 27.5 Å². The fourth-order valence-corrected chi connectivity index (χ4v) is 4.09. The molecule has 124 valence electrons. The number of hydrogen-bond acceptors (Lipinski definition) is 3. The molecule has 0 aliphatic carbocycles. The molecule has 1 fully saturated rings. The highest BCUT2D eigenvalue weighted by molar-refractivity contribution is 7.17. The quantitative estimate of drug-likeness (QED) is 0.763. The number of nitrogens with one attached hydrogen (secondary N) is 2. The molecule has 1 saturated heterocycles. The van der Waals surface area contributed by atoms with Gasteiger partial charge in [0.1, 0.15) is 5.69 Å². The summed E-state index contributed by atoms with van der Waals surface area (Å²) >= 11 is 1.65. The van der Waals surface area contributed by atoms with Crippen LogP contribution in [0.25, 0.3) is 10.2 Å². The fraction of sp³-hybridized carbons (Fsp3) is 0.316. The van der Waals surface area contributed by atoms with E-state index in [1.54, 1.807) is 11.3 Å². The molecule has 4 nitrogen and oxygen atoms in total. The zero-order valence-electron chi connectivity index (χ0n) is 13.5. The number of aromatic amines is 1. The maximum absolute atomic E-state index is 12.4. The number of aromatic nitrogens is 1. The lowest BCUT2D eigenvalue weighted by molar-refractivity contribution is 0.0904. The fourth-order valence-electron chi connectivity index (χ4n) is 3.31. The van der Waals surface area contributed by atoms with Crippen LogP contribution in [0.5, 0.6) is 0 Å². The number of likely N-dealkylation sites (tertiary alicyclic amines) is 1. The second kappa shape index (κ2) is 6.79. The summed E-state index contributed by atoms with van der Waals surface area (Å²) in [6.45, 7) is 3.05. The summed E-state index contributed by atoms with van der Waals surface area (Å²) in [5.74, 6) is 0.0138. The van der Waals surface area contributed by atoms with Crippen LogP contribution in [0.4, 0.5) is 0 Å². The Bertz CT molecular complexity index is 787. The molecule has 3 aromatic rings. The van der Waals surface area contributed by atoms with Crippen molar-refractivity contribution in [2.45, 2.75) is 25.4 Å². The van der Waals surface area contributed by atoms with Crippen LogP contribution >= 0.6 is 11.3 Å². The van der Waals surface area contributed by atoms with E-state index in [2.05, 4.69) is 45.5 Å². The summed E-state index contributed by atoms with van der Waals surface area (Å²) in [5, 5.41) is 5.21. The van der Waals surface area contributed by atoms with E-state index in [9.17, 15) is 4.79 Å². The Morgan fingerprint density at radius 3 is 2.75 bits per heavy atom. The maximum atomic E-state index is 12.4. The Kier molecular flexibility index (Phi) is 4.36. The molecular weight excluding hydrogens is 318 g/mol. The first-order valence-corrected chi connectivity index (χ1v) is 9.29. The smallest absolute Gasteiger partial charge is 0.267 e. The number of thiophene rings is 1. The van der Waals surface area contributed by atoms with Gasteiger partial charge in [-0.05, 0) is 35.9 Å². The number of carbonyl (C=O) groups is 1. The highest BCUT2D eigenvalue weighted by atomic mass is 32.1. The molecule has 24 heavy (non-hydrogen) atoms. The van der Waals surface area contributed by atoms with Gasteiger partial charge in [-0.1, -0.05) is 30.3 Å². The minimum Gasteiger partial charge on any atom is -0.350 e. The van der Waals surface area contributed by atoms with E-state index in [0.717, 1.165) is 42.7 Å². The van der Waals surface area contributed by atoms with E-state index in [4.69, 9.17) is 0 Å². The molecule has 0 unspecified atom stereocenters. The Balaban J connectivity index is 1.29. The van der Waals surface area contributed by atoms with Gasteiger partial charge in [0.2, 0.25) is 0 Å². The summed E-state index contributed by atoms with van der Waals surface area (Å²) in [6.07, 6.45) is 2.02. The highest BCUT2D eigenvalue weighted by Gasteiger charge is 2.21. The van der Waals surface area contributed by atoms with Crippen LogP contribution in [-0.2, 0) is 6.54 Å². The number of piperidine rings is 1. The van der Waals surface area contributed by atoms with Crippen LogP contribution in [0.3, 0.4) is 0 Å². The standard InChI is InChI=1S/C19H21N3OS/c23-19(17-12-18-16(21-17)8-11-24-18)20-15-6-9-22(10-7-15)13-14-4-2-1-3-5-14/h1-5,8,11-12,15,21H,6-7,9-10,13H2,(H,20,23). The number of H-pyrrole nitrogens is 1. The first-order chi connectivity index (χ1) is 11.8. The molecule has 0 bridgehead atoms. The van der Waals surface area contributed by atoms with Gasteiger partial charge in [-0.15, -0.1) is 11.3 Å². The summed E-state index contributed by atoms with van der Waals surface area (Å²) in [6, 6.07) is 14.8. The van der Waals surface area contributed by atoms with Crippen molar-refractivity contribution in [2.75, 3.05) is 13.1 Å². The Morgan fingerprint density at radius 2 is 2.00 bits per heavy atom. The monoisotopic (exact) mass is 339 g/mol. The van der Waals surface area contributed by atoms with E-state index in [1.807, 2.05) is 17.5 Å². The lowest BCUT2D eigenvalue weighted by Gasteiger charge is -2.32. The van der Waals surface area contributed by atoms with Gasteiger partial charge in [-0.25, -0.2) is 0 Å². The summed E-state index contributed by atoms with van der Waals surface area (Å²) in [7, 11) is 0. The van der Waals surface area contributed by atoms with Gasteiger partial charge in [0, 0.05) is 25.7 Å². The van der Waals surface area contributed by atoms with Crippen molar-refractivity contribution in [2.24, 2.45) is 0 Å². The summed E-state index contributed by atoms with van der Waals surface area (Å²) in [5.41, 5.74) is 3.07. The predicted molar refractivity (Wildman–Crippen MR) is 98.4 cm³/mol. The van der Waals surface area contributed by atoms with E-state index >= 15 is 0 Å². The van der Waals surface area contributed by atoms with Crippen molar-refractivity contribution in [3.05, 3.63) is 59.1 Å². The third-order valence-corrected chi connectivity index (χ3v) is 5.52. The van der Waals surface area contributed by atoms with Crippen LogP contribution in [-0.4, -0.2) is 34.9 Å². The molecule has 1 aromatic carbocycles. The highest BCUT2D eigenvalue weighted by Crippen LogP contribution is 2.21. The van der Waals surface area contributed by atoms with Crippen molar-refractivity contribution < 1.29 is 4.79 Å². The normalized spacial score (nSPS) is 16.5. The number of carbonyl (C=O) groups excluding carboxylic acids is 1. The third-order valence-electron chi connectivity index (χ3n) is 4.66. The average molecular weight is 339 g/mol. The Labute approximate surface area is 145 Å².